The Balaban J connectivity index is 1.90. The molecule has 1 aromatic rings. The van der Waals surface area contributed by atoms with Crippen LogP contribution in [0, 0.1) is 0 Å². The number of aliphatic hydroxyl groups is 1. The van der Waals surface area contributed by atoms with E-state index in [-0.39, 0.29) is 0 Å². The Labute approximate surface area is 110 Å². The number of likely N-dealkylation sites (tertiary alicyclic amines) is 1. The fourth-order valence-electron chi connectivity index (χ4n) is 2.71. The molecule has 0 spiro atoms. The van der Waals surface area contributed by atoms with E-state index in [1.54, 1.807) is 0 Å². The van der Waals surface area contributed by atoms with Gasteiger partial charge in [-0.1, -0.05) is 0 Å². The Morgan fingerprint density at radius 1 is 1.50 bits per heavy atom. The number of hydrogen-bond donors (Lipinski definition) is 1. The Morgan fingerprint density at radius 2 is 2.33 bits per heavy atom. The minimum absolute atomic E-state index is 0.312. The molecule has 0 radical (unpaired) electrons. The van der Waals surface area contributed by atoms with E-state index < -0.39 is 0 Å². The zero-order valence-corrected chi connectivity index (χ0v) is 11.5. The van der Waals surface area contributed by atoms with E-state index in [4.69, 9.17) is 5.11 Å². The molecule has 0 amide bonds. The van der Waals surface area contributed by atoms with Crippen LogP contribution in [0.3, 0.4) is 0 Å². The van der Waals surface area contributed by atoms with E-state index in [0.29, 0.717) is 18.7 Å². The Kier molecular flexibility index (Phi) is 4.78. The molecule has 1 aromatic heterocycles. The molecule has 4 heteroatoms. The zero-order valence-electron chi connectivity index (χ0n) is 11.5. The predicted molar refractivity (Wildman–Crippen MR) is 72.4 cm³/mol. The number of aromatic nitrogens is 2. The van der Waals surface area contributed by atoms with Gasteiger partial charge in [0.05, 0.1) is 5.69 Å². The third-order valence-corrected chi connectivity index (χ3v) is 3.75. The van der Waals surface area contributed by atoms with Crippen LogP contribution in [0.5, 0.6) is 0 Å². The fourth-order valence-corrected chi connectivity index (χ4v) is 2.71. The molecule has 0 saturated carbocycles. The molecule has 1 saturated heterocycles. The summed E-state index contributed by atoms with van der Waals surface area (Å²) in [6, 6.07) is 3.20. The van der Waals surface area contributed by atoms with Crippen molar-refractivity contribution < 1.29 is 5.11 Å². The first kappa shape index (κ1) is 13.6. The topological polar surface area (TPSA) is 41.3 Å². The number of rotatable bonds is 6. The SMILES string of the molecule is CC(C)n1ccc(CN2CCCC2CCCO)n1. The van der Waals surface area contributed by atoms with E-state index in [1.807, 2.05) is 4.68 Å². The second-order valence-electron chi connectivity index (χ2n) is 5.51. The summed E-state index contributed by atoms with van der Waals surface area (Å²) >= 11 is 0. The first-order chi connectivity index (χ1) is 8.70. The van der Waals surface area contributed by atoms with Crippen LogP contribution in [-0.2, 0) is 6.54 Å². The quantitative estimate of drug-likeness (QED) is 0.842. The van der Waals surface area contributed by atoms with Crippen molar-refractivity contribution in [2.75, 3.05) is 13.2 Å². The van der Waals surface area contributed by atoms with Gasteiger partial charge in [-0.3, -0.25) is 9.58 Å². The average molecular weight is 251 g/mol. The molecule has 1 unspecified atom stereocenters. The van der Waals surface area contributed by atoms with Gasteiger partial charge in [-0.15, -0.1) is 0 Å². The molecule has 1 N–H and O–H groups in total. The standard InChI is InChI=1S/C14H25N3O/c1-12(2)17-9-7-13(15-17)11-16-8-3-5-14(16)6-4-10-18/h7,9,12,14,18H,3-6,8,10-11H2,1-2H3. The largest absolute Gasteiger partial charge is 0.396 e. The minimum Gasteiger partial charge on any atom is -0.396 e. The van der Waals surface area contributed by atoms with Gasteiger partial charge in [0.2, 0.25) is 0 Å². The molecule has 2 rings (SSSR count). The summed E-state index contributed by atoms with van der Waals surface area (Å²) in [7, 11) is 0. The normalized spacial score (nSPS) is 21.0. The lowest BCUT2D eigenvalue weighted by molar-refractivity contribution is 0.208. The molecule has 4 nitrogen and oxygen atoms in total. The smallest absolute Gasteiger partial charge is 0.0764 e. The third-order valence-electron chi connectivity index (χ3n) is 3.75. The van der Waals surface area contributed by atoms with Gasteiger partial charge in [-0.25, -0.2) is 0 Å². The lowest BCUT2D eigenvalue weighted by atomic mass is 10.1. The minimum atomic E-state index is 0.312. The van der Waals surface area contributed by atoms with Crippen LogP contribution in [0.2, 0.25) is 0 Å². The molecule has 0 bridgehead atoms. The van der Waals surface area contributed by atoms with Gasteiger partial charge in [-0.2, -0.15) is 5.10 Å². The summed E-state index contributed by atoms with van der Waals surface area (Å²) in [5, 5.41) is 13.5. The van der Waals surface area contributed by atoms with Gasteiger partial charge in [-0.05, 0) is 52.1 Å². The Morgan fingerprint density at radius 3 is 3.00 bits per heavy atom. The molecular weight excluding hydrogens is 226 g/mol. The van der Waals surface area contributed by atoms with Crippen LogP contribution in [0.15, 0.2) is 12.3 Å². The van der Waals surface area contributed by atoms with Crippen molar-refractivity contribution in [2.24, 2.45) is 0 Å². The predicted octanol–water partition coefficient (Wildman–Crippen LogP) is 2.20. The lowest BCUT2D eigenvalue weighted by Crippen LogP contribution is -2.29. The summed E-state index contributed by atoms with van der Waals surface area (Å²) in [6.45, 7) is 6.74. The van der Waals surface area contributed by atoms with E-state index in [2.05, 4.69) is 36.1 Å². The average Bonchev–Trinajstić information content (AvgIpc) is 2.96. The van der Waals surface area contributed by atoms with Gasteiger partial charge in [0.25, 0.3) is 0 Å². The van der Waals surface area contributed by atoms with Crippen LogP contribution in [0.25, 0.3) is 0 Å². The molecule has 18 heavy (non-hydrogen) atoms. The summed E-state index contributed by atoms with van der Waals surface area (Å²) in [6.07, 6.45) is 6.65. The molecule has 1 aliphatic rings. The van der Waals surface area contributed by atoms with Crippen molar-refractivity contribution in [1.82, 2.24) is 14.7 Å². The van der Waals surface area contributed by atoms with Crippen LogP contribution in [0.4, 0.5) is 0 Å². The van der Waals surface area contributed by atoms with E-state index >= 15 is 0 Å². The molecular formula is C14H25N3O. The second kappa shape index (κ2) is 6.34. The van der Waals surface area contributed by atoms with Gasteiger partial charge in [0, 0.05) is 31.4 Å². The molecule has 0 aromatic carbocycles. The van der Waals surface area contributed by atoms with Gasteiger partial charge in [0.1, 0.15) is 0 Å². The Hall–Kier alpha value is -0.870. The van der Waals surface area contributed by atoms with E-state index in [9.17, 15) is 0 Å². The molecule has 2 heterocycles. The molecule has 102 valence electrons. The van der Waals surface area contributed by atoms with Crippen molar-refractivity contribution in [3.05, 3.63) is 18.0 Å². The van der Waals surface area contributed by atoms with Crippen molar-refractivity contribution in [2.45, 2.75) is 58.2 Å². The van der Waals surface area contributed by atoms with Crippen molar-refractivity contribution in [3.8, 4) is 0 Å². The summed E-state index contributed by atoms with van der Waals surface area (Å²) in [4.78, 5) is 2.52. The number of hydrogen-bond acceptors (Lipinski definition) is 3. The van der Waals surface area contributed by atoms with Crippen molar-refractivity contribution >= 4 is 0 Å². The van der Waals surface area contributed by atoms with E-state index in [0.717, 1.165) is 19.4 Å². The van der Waals surface area contributed by atoms with E-state index in [1.165, 1.54) is 25.1 Å². The third kappa shape index (κ3) is 3.33. The van der Waals surface area contributed by atoms with Gasteiger partial charge in [0.15, 0.2) is 0 Å². The maximum Gasteiger partial charge on any atom is 0.0764 e. The fraction of sp³-hybridized carbons (Fsp3) is 0.786. The first-order valence-electron chi connectivity index (χ1n) is 7.09. The second-order valence-corrected chi connectivity index (χ2v) is 5.51. The highest BCUT2D eigenvalue weighted by Gasteiger charge is 2.24. The highest BCUT2D eigenvalue weighted by Crippen LogP contribution is 2.23. The highest BCUT2D eigenvalue weighted by atomic mass is 16.2. The number of nitrogens with zero attached hydrogens (tertiary/aromatic N) is 3. The Bertz CT molecular complexity index is 362. The molecule has 1 fully saturated rings. The maximum absolute atomic E-state index is 8.93. The van der Waals surface area contributed by atoms with Crippen LogP contribution >= 0.6 is 0 Å². The maximum atomic E-state index is 8.93. The van der Waals surface area contributed by atoms with Crippen LogP contribution in [-0.4, -0.2) is 39.0 Å². The molecule has 0 aliphatic carbocycles. The van der Waals surface area contributed by atoms with Crippen LogP contribution < -0.4 is 0 Å². The van der Waals surface area contributed by atoms with Crippen molar-refractivity contribution in [1.29, 1.82) is 0 Å². The highest BCUT2D eigenvalue weighted by molar-refractivity contribution is 5.00. The number of aliphatic hydroxyl groups excluding tert-OH is 1. The zero-order chi connectivity index (χ0) is 13.0. The first-order valence-corrected chi connectivity index (χ1v) is 7.09. The molecule has 1 aliphatic heterocycles. The monoisotopic (exact) mass is 251 g/mol. The summed E-state index contributed by atoms with van der Waals surface area (Å²) in [5.41, 5.74) is 1.17. The van der Waals surface area contributed by atoms with Crippen LogP contribution in [0.1, 0.15) is 51.3 Å². The van der Waals surface area contributed by atoms with Gasteiger partial charge < -0.3 is 5.11 Å². The lowest BCUT2D eigenvalue weighted by Gasteiger charge is -2.23. The summed E-state index contributed by atoms with van der Waals surface area (Å²) < 4.78 is 2.02. The summed E-state index contributed by atoms with van der Waals surface area (Å²) in [5.74, 6) is 0. The van der Waals surface area contributed by atoms with Gasteiger partial charge >= 0.3 is 0 Å². The van der Waals surface area contributed by atoms with Crippen molar-refractivity contribution in [3.63, 3.8) is 0 Å². The molecule has 1 atom stereocenters.